The van der Waals surface area contributed by atoms with E-state index in [0.717, 1.165) is 37.0 Å². The molecule has 5 atom stereocenters. The number of hydrogen-bond acceptors (Lipinski definition) is 2. The summed E-state index contributed by atoms with van der Waals surface area (Å²) in [7, 11) is -3.67. The third kappa shape index (κ3) is 6.95. The van der Waals surface area contributed by atoms with Crippen molar-refractivity contribution in [3.05, 3.63) is 23.3 Å². The molecule has 214 valence electrons. The Balaban J connectivity index is 1.86. The van der Waals surface area contributed by atoms with Gasteiger partial charge < -0.3 is 8.85 Å². The summed E-state index contributed by atoms with van der Waals surface area (Å²) in [6.45, 7) is 31.3. The molecule has 3 saturated carbocycles. The van der Waals surface area contributed by atoms with Gasteiger partial charge in [0.1, 0.15) is 0 Å². The Bertz CT molecular complexity index is 817. The zero-order valence-electron chi connectivity index (χ0n) is 27.0. The van der Waals surface area contributed by atoms with Crippen molar-refractivity contribution in [3.63, 3.8) is 0 Å². The summed E-state index contributed by atoms with van der Waals surface area (Å²) in [6, 6.07) is 0. The van der Waals surface area contributed by atoms with E-state index in [1.165, 1.54) is 32.1 Å². The molecule has 0 aliphatic heterocycles. The lowest BCUT2D eigenvalue weighted by molar-refractivity contribution is 0.0725. The maximum Gasteiger partial charge on any atom is 0.192 e. The molecule has 3 fully saturated rings. The van der Waals surface area contributed by atoms with Gasteiger partial charge in [0.2, 0.25) is 0 Å². The normalized spacial score (nSPS) is 33.2. The maximum atomic E-state index is 7.03. The van der Waals surface area contributed by atoms with E-state index in [9.17, 15) is 0 Å². The van der Waals surface area contributed by atoms with Crippen molar-refractivity contribution in [2.24, 2.45) is 23.2 Å². The van der Waals surface area contributed by atoms with E-state index in [4.69, 9.17) is 8.85 Å². The van der Waals surface area contributed by atoms with Crippen molar-refractivity contribution in [1.29, 1.82) is 0 Å². The predicted octanol–water partition coefficient (Wildman–Crippen LogP) is 10.7. The first-order chi connectivity index (χ1) is 16.8. The highest BCUT2D eigenvalue weighted by atomic mass is 28.4. The lowest BCUT2D eigenvalue weighted by Gasteiger charge is -2.45. The van der Waals surface area contributed by atoms with E-state index < -0.39 is 16.6 Å². The molecular weight excluding hydrogens is 485 g/mol. The molecule has 0 amide bonds. The second kappa shape index (κ2) is 11.0. The molecule has 0 radical (unpaired) electrons. The molecule has 0 N–H and O–H groups in total. The van der Waals surface area contributed by atoms with E-state index >= 15 is 0 Å². The fourth-order valence-electron chi connectivity index (χ4n) is 7.23. The average molecular weight is 547 g/mol. The van der Waals surface area contributed by atoms with Gasteiger partial charge in [-0.15, -0.1) is 0 Å². The standard InChI is InChI=1S/C33H62O2Si2/c1-24(2)29-18-19-30-26(15-14-20-33(29,30)9)17-16-25-21-27(34-36(10,11)31(3,4)5)23-28(22-25)35-37(12,13)32(6,7)8/h16-17,24,27-30H,14-15,18-23H2,1-13H3/t27-,28-,29-,30+,33-/m1/s1. The van der Waals surface area contributed by atoms with Crippen LogP contribution in [-0.2, 0) is 8.85 Å². The van der Waals surface area contributed by atoms with Crippen molar-refractivity contribution in [2.45, 2.75) is 162 Å². The van der Waals surface area contributed by atoms with Gasteiger partial charge in [0.15, 0.2) is 16.6 Å². The van der Waals surface area contributed by atoms with Gasteiger partial charge in [-0.3, -0.25) is 0 Å². The van der Waals surface area contributed by atoms with Crippen LogP contribution in [0.1, 0.15) is 114 Å². The first kappa shape index (κ1) is 31.4. The number of rotatable bonds is 6. The van der Waals surface area contributed by atoms with Crippen molar-refractivity contribution >= 4 is 16.6 Å². The Morgan fingerprint density at radius 1 is 0.838 bits per heavy atom. The molecule has 0 spiro atoms. The molecule has 3 aliphatic carbocycles. The zero-order chi connectivity index (χ0) is 28.0. The quantitative estimate of drug-likeness (QED) is 0.308. The van der Waals surface area contributed by atoms with E-state index in [0.29, 0.717) is 5.41 Å². The minimum absolute atomic E-state index is 0.230. The van der Waals surface area contributed by atoms with Crippen LogP contribution in [0, 0.1) is 23.2 Å². The second-order valence-corrected chi connectivity index (χ2v) is 26.1. The van der Waals surface area contributed by atoms with Crippen molar-refractivity contribution < 1.29 is 8.85 Å². The first-order valence-corrected chi connectivity index (χ1v) is 21.3. The number of hydrogen-bond donors (Lipinski definition) is 0. The molecule has 0 unspecified atom stereocenters. The Hall–Kier alpha value is -0.166. The van der Waals surface area contributed by atoms with Crippen LogP contribution in [0.25, 0.3) is 0 Å². The largest absolute Gasteiger partial charge is 0.414 e. The first-order valence-electron chi connectivity index (χ1n) is 15.5. The summed E-state index contributed by atoms with van der Waals surface area (Å²) in [5.74, 6) is 2.47. The predicted molar refractivity (Wildman–Crippen MR) is 167 cm³/mol. The molecule has 3 rings (SSSR count). The highest BCUT2D eigenvalue weighted by molar-refractivity contribution is 6.74. The van der Waals surface area contributed by atoms with Gasteiger partial charge in [-0.1, -0.05) is 85.6 Å². The topological polar surface area (TPSA) is 18.5 Å². The van der Waals surface area contributed by atoms with Crippen LogP contribution in [0.3, 0.4) is 0 Å². The van der Waals surface area contributed by atoms with E-state index in [1.54, 1.807) is 11.1 Å². The van der Waals surface area contributed by atoms with Crippen LogP contribution in [0.15, 0.2) is 23.3 Å². The molecule has 0 bridgehead atoms. The van der Waals surface area contributed by atoms with Crippen LogP contribution < -0.4 is 0 Å². The van der Waals surface area contributed by atoms with E-state index in [1.807, 2.05) is 0 Å². The van der Waals surface area contributed by atoms with Crippen molar-refractivity contribution in [2.75, 3.05) is 0 Å². The summed E-state index contributed by atoms with van der Waals surface area (Å²) < 4.78 is 14.1. The third-order valence-electron chi connectivity index (χ3n) is 11.4. The van der Waals surface area contributed by atoms with Crippen LogP contribution in [0.4, 0.5) is 0 Å². The Morgan fingerprint density at radius 3 is 1.81 bits per heavy atom. The monoisotopic (exact) mass is 546 g/mol. The van der Waals surface area contributed by atoms with Crippen molar-refractivity contribution in [1.82, 2.24) is 0 Å². The van der Waals surface area contributed by atoms with E-state index in [-0.39, 0.29) is 22.3 Å². The smallest absolute Gasteiger partial charge is 0.192 e. The molecule has 37 heavy (non-hydrogen) atoms. The van der Waals surface area contributed by atoms with Gasteiger partial charge in [0.05, 0.1) is 12.2 Å². The van der Waals surface area contributed by atoms with Crippen LogP contribution in [0.2, 0.25) is 36.3 Å². The minimum atomic E-state index is -1.83. The summed E-state index contributed by atoms with van der Waals surface area (Å²) >= 11 is 0. The van der Waals surface area contributed by atoms with Crippen molar-refractivity contribution in [3.8, 4) is 0 Å². The summed E-state index contributed by atoms with van der Waals surface area (Å²) in [5, 5.41) is 0.460. The zero-order valence-corrected chi connectivity index (χ0v) is 29.0. The fourth-order valence-corrected chi connectivity index (χ4v) is 9.96. The van der Waals surface area contributed by atoms with Gasteiger partial charge in [0.25, 0.3) is 0 Å². The summed E-state index contributed by atoms with van der Waals surface area (Å²) in [6.07, 6.45) is 15.7. The molecule has 0 saturated heterocycles. The molecule has 3 aliphatic rings. The highest BCUT2D eigenvalue weighted by Crippen LogP contribution is 2.59. The molecule has 0 aromatic carbocycles. The second-order valence-electron chi connectivity index (χ2n) is 16.6. The van der Waals surface area contributed by atoms with Crippen LogP contribution >= 0.6 is 0 Å². The lowest BCUT2D eigenvalue weighted by Crippen LogP contribution is -2.48. The van der Waals surface area contributed by atoms with Crippen LogP contribution in [-0.4, -0.2) is 28.8 Å². The average Bonchev–Trinajstić information content (AvgIpc) is 3.07. The lowest BCUT2D eigenvalue weighted by atomic mass is 9.61. The number of allylic oxidation sites excluding steroid dienone is 3. The fraction of sp³-hybridized carbons (Fsp3) is 0.879. The highest BCUT2D eigenvalue weighted by Gasteiger charge is 2.50. The SMILES string of the molecule is CC(C)[C@H]1CC[C@H]2C(=CC=C3C[C@@H](O[Si](C)(C)C(C)(C)C)C[C@H](O[Si](C)(C)C(C)(C)C)C3)CCC[C@]12C. The Labute approximate surface area is 233 Å². The van der Waals surface area contributed by atoms with Gasteiger partial charge in [-0.25, -0.2) is 0 Å². The van der Waals surface area contributed by atoms with Gasteiger partial charge in [-0.2, -0.15) is 0 Å². The Kier molecular flexibility index (Phi) is 9.34. The molecule has 0 aromatic heterocycles. The molecular formula is C33H62O2Si2. The Morgan fingerprint density at radius 2 is 1.35 bits per heavy atom. The van der Waals surface area contributed by atoms with E-state index in [2.05, 4.69) is 101 Å². The maximum absolute atomic E-state index is 7.03. The molecule has 0 aromatic rings. The third-order valence-corrected chi connectivity index (χ3v) is 20.5. The van der Waals surface area contributed by atoms with Gasteiger partial charge >= 0.3 is 0 Å². The van der Waals surface area contributed by atoms with Gasteiger partial charge in [0, 0.05) is 0 Å². The van der Waals surface area contributed by atoms with Gasteiger partial charge in [-0.05, 0) is 111 Å². The molecule has 4 heteroatoms. The summed E-state index contributed by atoms with van der Waals surface area (Å²) in [4.78, 5) is 0. The number of fused-ring (bicyclic) bond motifs is 1. The molecule has 2 nitrogen and oxygen atoms in total. The van der Waals surface area contributed by atoms with Crippen LogP contribution in [0.5, 0.6) is 0 Å². The minimum Gasteiger partial charge on any atom is -0.414 e. The summed E-state index contributed by atoms with van der Waals surface area (Å²) in [5.41, 5.74) is 3.79. The molecule has 0 heterocycles.